The highest BCUT2D eigenvalue weighted by Crippen LogP contribution is 2.26. The topological polar surface area (TPSA) is 92.5 Å². The number of fused-ring (bicyclic) bond motifs is 1. The van der Waals surface area contributed by atoms with Crippen molar-refractivity contribution < 1.29 is 13.2 Å². The largest absolute Gasteiger partial charge is 0.362 e. The zero-order valence-corrected chi connectivity index (χ0v) is 14.6. The first-order chi connectivity index (χ1) is 11.9. The van der Waals surface area contributed by atoms with Crippen LogP contribution in [0, 0.1) is 0 Å². The molecule has 1 aliphatic heterocycles. The van der Waals surface area contributed by atoms with Crippen LogP contribution in [0.3, 0.4) is 0 Å². The maximum atomic E-state index is 12.3. The third kappa shape index (κ3) is 4.37. The van der Waals surface area contributed by atoms with Crippen LogP contribution in [0.4, 0.5) is 5.69 Å². The second kappa shape index (κ2) is 7.25. The zero-order valence-electron chi connectivity index (χ0n) is 13.8. The quantitative estimate of drug-likeness (QED) is 0.844. The van der Waals surface area contributed by atoms with Crippen LogP contribution in [0.5, 0.6) is 0 Å². The summed E-state index contributed by atoms with van der Waals surface area (Å²) >= 11 is 0. The molecular weight excluding hydrogens is 338 g/mol. The van der Waals surface area contributed by atoms with Gasteiger partial charge in [0.15, 0.2) is 0 Å². The van der Waals surface area contributed by atoms with Crippen molar-refractivity contribution in [1.82, 2.24) is 5.32 Å². The van der Waals surface area contributed by atoms with Gasteiger partial charge in [-0.25, -0.2) is 13.6 Å². The zero-order chi connectivity index (χ0) is 17.9. The fraction of sp³-hybridized carbons (Fsp3) is 0.278. The number of nitrogens with one attached hydrogen (secondary N) is 1. The summed E-state index contributed by atoms with van der Waals surface area (Å²) in [6.07, 6.45) is 2.09. The van der Waals surface area contributed by atoms with Gasteiger partial charge in [-0.05, 0) is 42.2 Å². The molecule has 2 aromatic carbocycles. The molecule has 0 aliphatic carbocycles. The van der Waals surface area contributed by atoms with E-state index >= 15 is 0 Å². The molecule has 0 spiro atoms. The van der Waals surface area contributed by atoms with Crippen molar-refractivity contribution >= 4 is 21.6 Å². The van der Waals surface area contributed by atoms with Crippen LogP contribution in [-0.2, 0) is 27.8 Å². The van der Waals surface area contributed by atoms with Gasteiger partial charge < -0.3 is 10.2 Å². The number of hydrogen-bond donors (Lipinski definition) is 2. The third-order valence-electron chi connectivity index (χ3n) is 4.28. The van der Waals surface area contributed by atoms with E-state index in [1.165, 1.54) is 17.7 Å². The average Bonchev–Trinajstić information content (AvgIpc) is 2.60. The van der Waals surface area contributed by atoms with E-state index in [9.17, 15) is 13.2 Å². The van der Waals surface area contributed by atoms with E-state index in [1.807, 2.05) is 18.2 Å². The highest BCUT2D eigenvalue weighted by atomic mass is 32.2. The summed E-state index contributed by atoms with van der Waals surface area (Å²) < 4.78 is 22.5. The summed E-state index contributed by atoms with van der Waals surface area (Å²) in [5.74, 6) is -0.0628. The number of benzene rings is 2. The predicted octanol–water partition coefficient (Wildman–Crippen LogP) is 1.40. The van der Waals surface area contributed by atoms with Gasteiger partial charge in [0.05, 0.1) is 11.4 Å². The molecule has 0 radical (unpaired) electrons. The van der Waals surface area contributed by atoms with Crippen LogP contribution in [0.15, 0.2) is 53.4 Å². The highest BCUT2D eigenvalue weighted by Gasteiger charge is 2.18. The van der Waals surface area contributed by atoms with Crippen LogP contribution in [0.2, 0.25) is 0 Å². The third-order valence-corrected chi connectivity index (χ3v) is 5.21. The molecule has 25 heavy (non-hydrogen) atoms. The molecule has 1 heterocycles. The minimum atomic E-state index is -3.69. The highest BCUT2D eigenvalue weighted by molar-refractivity contribution is 7.89. The Morgan fingerprint density at radius 2 is 1.84 bits per heavy atom. The Hall–Kier alpha value is -2.38. The maximum absolute atomic E-state index is 12.3. The molecule has 0 saturated carbocycles. The van der Waals surface area contributed by atoms with E-state index in [2.05, 4.69) is 16.3 Å². The van der Waals surface area contributed by atoms with Crippen LogP contribution in [0.25, 0.3) is 0 Å². The first kappa shape index (κ1) is 17.4. The number of carbonyl (C=O) groups is 1. The van der Waals surface area contributed by atoms with E-state index < -0.39 is 10.0 Å². The van der Waals surface area contributed by atoms with Gasteiger partial charge >= 0.3 is 0 Å². The molecule has 2 aromatic rings. The lowest BCUT2D eigenvalue weighted by atomic mass is 10.0. The fourth-order valence-corrected chi connectivity index (χ4v) is 3.52. The minimum Gasteiger partial charge on any atom is -0.362 e. The lowest BCUT2D eigenvalue weighted by molar-refractivity contribution is -0.119. The number of anilines is 1. The molecule has 6 nitrogen and oxygen atoms in total. The van der Waals surface area contributed by atoms with Gasteiger partial charge in [0.1, 0.15) is 0 Å². The second-order valence-electron chi connectivity index (χ2n) is 6.12. The molecule has 132 valence electrons. The van der Waals surface area contributed by atoms with Gasteiger partial charge in [-0.15, -0.1) is 0 Å². The summed E-state index contributed by atoms with van der Waals surface area (Å²) in [6, 6.07) is 14.3. The monoisotopic (exact) mass is 359 g/mol. The first-order valence-corrected chi connectivity index (χ1v) is 9.69. The number of hydrogen-bond acceptors (Lipinski definition) is 4. The van der Waals surface area contributed by atoms with Crippen LogP contribution >= 0.6 is 0 Å². The van der Waals surface area contributed by atoms with Crippen molar-refractivity contribution in [3.05, 3.63) is 59.7 Å². The Morgan fingerprint density at radius 1 is 1.12 bits per heavy atom. The Bertz CT molecular complexity index is 863. The molecule has 0 unspecified atom stereocenters. The molecule has 0 aromatic heterocycles. The Balaban J connectivity index is 1.57. The van der Waals surface area contributed by atoms with Gasteiger partial charge in [0.25, 0.3) is 0 Å². The van der Waals surface area contributed by atoms with E-state index in [0.29, 0.717) is 13.1 Å². The van der Waals surface area contributed by atoms with E-state index in [0.717, 1.165) is 30.6 Å². The van der Waals surface area contributed by atoms with Gasteiger partial charge in [-0.2, -0.15) is 0 Å². The Labute approximate surface area is 147 Å². The van der Waals surface area contributed by atoms with E-state index in [4.69, 9.17) is 5.14 Å². The van der Waals surface area contributed by atoms with Crippen molar-refractivity contribution in [3.8, 4) is 0 Å². The van der Waals surface area contributed by atoms with Gasteiger partial charge in [-0.1, -0.05) is 30.3 Å². The Morgan fingerprint density at radius 3 is 2.56 bits per heavy atom. The Kier molecular flexibility index (Phi) is 5.06. The molecule has 3 rings (SSSR count). The number of primary sulfonamides is 1. The van der Waals surface area contributed by atoms with Crippen molar-refractivity contribution in [3.63, 3.8) is 0 Å². The number of amides is 1. The van der Waals surface area contributed by atoms with Crippen molar-refractivity contribution in [2.45, 2.75) is 24.3 Å². The number of para-hydroxylation sites is 1. The maximum Gasteiger partial charge on any atom is 0.239 e. The number of carbonyl (C=O) groups excluding carboxylic acids is 1. The normalized spacial score (nSPS) is 14.0. The first-order valence-electron chi connectivity index (χ1n) is 8.15. The molecule has 0 fully saturated rings. The van der Waals surface area contributed by atoms with Crippen LogP contribution in [-0.4, -0.2) is 27.4 Å². The molecule has 3 N–H and O–H groups in total. The number of aryl methyl sites for hydroxylation is 1. The van der Waals surface area contributed by atoms with E-state index in [-0.39, 0.29) is 10.8 Å². The lowest BCUT2D eigenvalue weighted by Crippen LogP contribution is -2.39. The van der Waals surface area contributed by atoms with Crippen molar-refractivity contribution in [2.24, 2.45) is 5.14 Å². The van der Waals surface area contributed by atoms with E-state index in [1.54, 1.807) is 12.1 Å². The van der Waals surface area contributed by atoms with Gasteiger partial charge in [0.2, 0.25) is 15.9 Å². The summed E-state index contributed by atoms with van der Waals surface area (Å²) in [7, 11) is -3.69. The average molecular weight is 359 g/mol. The molecule has 0 atom stereocenters. The minimum absolute atomic E-state index is 0.0625. The second-order valence-corrected chi connectivity index (χ2v) is 7.68. The molecule has 7 heteroatoms. The van der Waals surface area contributed by atoms with Crippen molar-refractivity contribution in [2.75, 3.05) is 18.0 Å². The summed E-state index contributed by atoms with van der Waals surface area (Å²) in [6.45, 7) is 1.53. The fourth-order valence-electron chi connectivity index (χ4n) is 3.00. The molecule has 1 amide bonds. The number of rotatable bonds is 5. The van der Waals surface area contributed by atoms with Crippen LogP contribution < -0.4 is 15.4 Å². The number of nitrogens with two attached hydrogens (primary N) is 1. The summed E-state index contributed by atoms with van der Waals surface area (Å²) in [4.78, 5) is 14.4. The molecular formula is C18H21N3O3S. The lowest BCUT2D eigenvalue weighted by Gasteiger charge is -2.30. The summed E-state index contributed by atoms with van der Waals surface area (Å²) in [5.41, 5.74) is 3.22. The molecule has 0 bridgehead atoms. The smallest absolute Gasteiger partial charge is 0.239 e. The molecule has 1 aliphatic rings. The standard InChI is InChI=1S/C18H21N3O3S/c19-25(23,24)16-9-7-14(8-10-16)12-20-18(22)13-21-11-3-5-15-4-1-2-6-17(15)21/h1-2,4,6-10H,3,5,11-13H2,(H,20,22)(H2,19,23,24). The summed E-state index contributed by atoms with van der Waals surface area (Å²) in [5, 5.41) is 7.94. The predicted molar refractivity (Wildman–Crippen MR) is 96.6 cm³/mol. The van der Waals surface area contributed by atoms with Gasteiger partial charge in [0, 0.05) is 18.8 Å². The van der Waals surface area contributed by atoms with Crippen LogP contribution in [0.1, 0.15) is 17.5 Å². The molecule has 0 saturated heterocycles. The van der Waals surface area contributed by atoms with Gasteiger partial charge in [-0.3, -0.25) is 4.79 Å². The number of sulfonamides is 1. The number of nitrogens with zero attached hydrogens (tertiary/aromatic N) is 1. The SMILES string of the molecule is NS(=O)(=O)c1ccc(CNC(=O)CN2CCCc3ccccc32)cc1. The van der Waals surface area contributed by atoms with Crippen molar-refractivity contribution in [1.29, 1.82) is 0 Å².